The maximum absolute atomic E-state index is 11.4. The van der Waals surface area contributed by atoms with Gasteiger partial charge < -0.3 is 10.6 Å². The van der Waals surface area contributed by atoms with E-state index in [1.165, 1.54) is 18.8 Å². The first-order valence-electron chi connectivity index (χ1n) is 4.50. The number of amides is 1. The van der Waals surface area contributed by atoms with E-state index in [1.54, 1.807) is 7.05 Å². The minimum Gasteiger partial charge on any atom is -0.371 e. The van der Waals surface area contributed by atoms with Gasteiger partial charge in [0.15, 0.2) is 11.5 Å². The molecule has 15 heavy (non-hydrogen) atoms. The number of thioether (sulfide) groups is 1. The van der Waals surface area contributed by atoms with E-state index in [4.69, 9.17) is 0 Å². The average molecular weight is 227 g/mol. The summed E-state index contributed by atoms with van der Waals surface area (Å²) < 4.78 is 0. The van der Waals surface area contributed by atoms with Gasteiger partial charge in [0.25, 0.3) is 5.91 Å². The molecule has 1 aromatic rings. The molecule has 1 rings (SSSR count). The summed E-state index contributed by atoms with van der Waals surface area (Å²) in [5.41, 5.74) is 0.209. The number of rotatable bonds is 4. The van der Waals surface area contributed by atoms with Crippen LogP contribution in [0.15, 0.2) is 5.16 Å². The molecule has 0 aliphatic heterocycles. The molecule has 0 bridgehead atoms. The number of hydrogen-bond acceptors (Lipinski definition) is 6. The molecule has 0 radical (unpaired) electrons. The van der Waals surface area contributed by atoms with Crippen molar-refractivity contribution in [3.05, 3.63) is 5.69 Å². The number of carbonyl (C=O) groups excluding carboxylic acids is 1. The van der Waals surface area contributed by atoms with E-state index < -0.39 is 0 Å². The van der Waals surface area contributed by atoms with E-state index in [0.717, 1.165) is 5.75 Å². The largest absolute Gasteiger partial charge is 0.371 e. The van der Waals surface area contributed by atoms with Gasteiger partial charge in [-0.2, -0.15) is 0 Å². The standard InChI is InChI=1S/C8H13N5OS/c1-4-15-8-11-6(9-2)5(12-13-8)7(14)10-3/h4H2,1-3H3,(H,10,14)(H,9,11,13). The summed E-state index contributed by atoms with van der Waals surface area (Å²) in [6, 6.07) is 0. The Bertz CT molecular complexity index is 357. The Balaban J connectivity index is 3.03. The molecule has 6 nitrogen and oxygen atoms in total. The van der Waals surface area contributed by atoms with Crippen LogP contribution in [0.5, 0.6) is 0 Å². The monoisotopic (exact) mass is 227 g/mol. The van der Waals surface area contributed by atoms with Crippen LogP contribution in [0.3, 0.4) is 0 Å². The lowest BCUT2D eigenvalue weighted by Gasteiger charge is -2.05. The maximum atomic E-state index is 11.4. The highest BCUT2D eigenvalue weighted by Crippen LogP contribution is 2.15. The number of carbonyl (C=O) groups is 1. The van der Waals surface area contributed by atoms with E-state index in [1.807, 2.05) is 6.92 Å². The van der Waals surface area contributed by atoms with Crippen molar-refractivity contribution in [2.75, 3.05) is 25.2 Å². The molecule has 0 aliphatic rings. The van der Waals surface area contributed by atoms with Gasteiger partial charge in [-0.15, -0.1) is 10.2 Å². The second-order valence-electron chi connectivity index (χ2n) is 2.55. The van der Waals surface area contributed by atoms with Crippen molar-refractivity contribution in [1.82, 2.24) is 20.5 Å². The molecule has 2 N–H and O–H groups in total. The van der Waals surface area contributed by atoms with Gasteiger partial charge in [-0.3, -0.25) is 4.79 Å². The third kappa shape index (κ3) is 2.79. The first-order valence-corrected chi connectivity index (χ1v) is 5.48. The van der Waals surface area contributed by atoms with Crippen LogP contribution in [-0.2, 0) is 0 Å². The summed E-state index contributed by atoms with van der Waals surface area (Å²) in [7, 11) is 3.23. The molecule has 0 saturated carbocycles. The molecule has 0 atom stereocenters. The van der Waals surface area contributed by atoms with Crippen LogP contribution in [0.25, 0.3) is 0 Å². The van der Waals surface area contributed by atoms with Gasteiger partial charge in [-0.25, -0.2) is 4.98 Å². The molecule has 1 aromatic heterocycles. The number of hydrogen-bond donors (Lipinski definition) is 2. The summed E-state index contributed by atoms with van der Waals surface area (Å²) in [6.07, 6.45) is 0. The summed E-state index contributed by atoms with van der Waals surface area (Å²) in [6.45, 7) is 2.00. The van der Waals surface area contributed by atoms with Crippen LogP contribution in [0.1, 0.15) is 17.4 Å². The van der Waals surface area contributed by atoms with Crippen molar-refractivity contribution in [2.24, 2.45) is 0 Å². The number of anilines is 1. The van der Waals surface area contributed by atoms with Crippen molar-refractivity contribution < 1.29 is 4.79 Å². The van der Waals surface area contributed by atoms with Crippen LogP contribution in [0.4, 0.5) is 5.82 Å². The predicted octanol–water partition coefficient (Wildman–Crippen LogP) is 0.385. The van der Waals surface area contributed by atoms with Gasteiger partial charge in [-0.05, 0) is 5.75 Å². The quantitative estimate of drug-likeness (QED) is 0.724. The van der Waals surface area contributed by atoms with Crippen molar-refractivity contribution in [3.8, 4) is 0 Å². The molecule has 0 saturated heterocycles. The zero-order valence-electron chi connectivity index (χ0n) is 8.87. The molecule has 1 amide bonds. The zero-order valence-corrected chi connectivity index (χ0v) is 9.68. The highest BCUT2D eigenvalue weighted by atomic mass is 32.2. The van der Waals surface area contributed by atoms with E-state index >= 15 is 0 Å². The molecule has 0 aliphatic carbocycles. The van der Waals surface area contributed by atoms with Crippen LogP contribution in [-0.4, -0.2) is 40.9 Å². The van der Waals surface area contributed by atoms with Crippen LogP contribution in [0.2, 0.25) is 0 Å². The average Bonchev–Trinajstić information content (AvgIpc) is 2.28. The van der Waals surface area contributed by atoms with Gasteiger partial charge >= 0.3 is 0 Å². The molecular weight excluding hydrogens is 214 g/mol. The third-order valence-electron chi connectivity index (χ3n) is 1.62. The number of nitrogens with one attached hydrogen (secondary N) is 2. The van der Waals surface area contributed by atoms with Gasteiger partial charge in [0.05, 0.1) is 0 Å². The first kappa shape index (κ1) is 11.7. The number of nitrogens with zero attached hydrogens (tertiary/aromatic N) is 3. The highest BCUT2D eigenvalue weighted by Gasteiger charge is 2.14. The second kappa shape index (κ2) is 5.50. The van der Waals surface area contributed by atoms with Gasteiger partial charge in [0.2, 0.25) is 5.16 Å². The topological polar surface area (TPSA) is 79.8 Å². The minimum atomic E-state index is -0.299. The molecule has 0 fully saturated rings. The molecule has 0 unspecified atom stereocenters. The summed E-state index contributed by atoms with van der Waals surface area (Å²) >= 11 is 1.48. The minimum absolute atomic E-state index is 0.209. The van der Waals surface area contributed by atoms with Gasteiger partial charge in [-0.1, -0.05) is 18.7 Å². The van der Waals surface area contributed by atoms with Crippen molar-refractivity contribution in [3.63, 3.8) is 0 Å². The Morgan fingerprint density at radius 3 is 2.67 bits per heavy atom. The summed E-state index contributed by atoms with van der Waals surface area (Å²) in [5.74, 6) is 1.01. The summed E-state index contributed by atoms with van der Waals surface area (Å²) in [4.78, 5) is 15.5. The van der Waals surface area contributed by atoms with Gasteiger partial charge in [0.1, 0.15) is 0 Å². The zero-order chi connectivity index (χ0) is 11.3. The number of aromatic nitrogens is 3. The second-order valence-corrected chi connectivity index (χ2v) is 3.78. The van der Waals surface area contributed by atoms with Gasteiger partial charge in [0, 0.05) is 14.1 Å². The summed E-state index contributed by atoms with van der Waals surface area (Å²) in [5, 5.41) is 13.5. The smallest absolute Gasteiger partial charge is 0.275 e. The van der Waals surface area contributed by atoms with Crippen LogP contribution < -0.4 is 10.6 Å². The third-order valence-corrected chi connectivity index (χ3v) is 2.34. The SMILES string of the molecule is CCSc1nnc(C(=O)NC)c(NC)n1. The van der Waals surface area contributed by atoms with E-state index in [0.29, 0.717) is 11.0 Å². The predicted molar refractivity (Wildman–Crippen MR) is 59.2 cm³/mol. The lowest BCUT2D eigenvalue weighted by Crippen LogP contribution is -2.22. The van der Waals surface area contributed by atoms with E-state index in [2.05, 4.69) is 25.8 Å². The van der Waals surface area contributed by atoms with E-state index in [-0.39, 0.29) is 11.6 Å². The Labute approximate surface area is 92.3 Å². The Hall–Kier alpha value is -1.37. The molecule has 7 heteroatoms. The molecule has 0 spiro atoms. The van der Waals surface area contributed by atoms with Crippen molar-refractivity contribution in [1.29, 1.82) is 0 Å². The fraction of sp³-hybridized carbons (Fsp3) is 0.500. The van der Waals surface area contributed by atoms with E-state index in [9.17, 15) is 4.79 Å². The Morgan fingerprint density at radius 1 is 1.40 bits per heavy atom. The molecule has 1 heterocycles. The maximum Gasteiger partial charge on any atom is 0.275 e. The Kier molecular flexibility index (Phi) is 4.29. The van der Waals surface area contributed by atoms with Crippen molar-refractivity contribution in [2.45, 2.75) is 12.1 Å². The molecule has 82 valence electrons. The lowest BCUT2D eigenvalue weighted by molar-refractivity contribution is 0.0957. The Morgan fingerprint density at radius 2 is 2.13 bits per heavy atom. The van der Waals surface area contributed by atoms with Crippen molar-refractivity contribution >= 4 is 23.5 Å². The molecule has 0 aromatic carbocycles. The normalized spacial score (nSPS) is 9.80. The molecular formula is C8H13N5OS. The van der Waals surface area contributed by atoms with Crippen LogP contribution in [0, 0.1) is 0 Å². The van der Waals surface area contributed by atoms with Crippen LogP contribution >= 0.6 is 11.8 Å². The fourth-order valence-corrected chi connectivity index (χ4v) is 1.46. The highest BCUT2D eigenvalue weighted by molar-refractivity contribution is 7.99. The first-order chi connectivity index (χ1) is 7.22. The fourth-order valence-electron chi connectivity index (χ4n) is 0.947. The lowest BCUT2D eigenvalue weighted by atomic mass is 10.4.